The van der Waals surface area contributed by atoms with Crippen LogP contribution < -0.4 is 10.2 Å². The minimum absolute atomic E-state index is 0.103. The molecule has 36 heavy (non-hydrogen) atoms. The molecular formula is C30H32N2O4. The molecule has 6 heteroatoms. The third kappa shape index (κ3) is 5.65. The molecule has 2 atom stereocenters. The van der Waals surface area contributed by atoms with E-state index in [1.807, 2.05) is 96.8 Å². The molecule has 0 radical (unpaired) electrons. The Morgan fingerprint density at radius 2 is 1.69 bits per heavy atom. The summed E-state index contributed by atoms with van der Waals surface area (Å²) < 4.78 is 6.24. The molecule has 0 spiro atoms. The van der Waals surface area contributed by atoms with Crippen LogP contribution in [-0.4, -0.2) is 30.2 Å². The van der Waals surface area contributed by atoms with Gasteiger partial charge in [-0.25, -0.2) is 4.79 Å². The maximum absolute atomic E-state index is 13.7. The number of hydrogen-bond donors (Lipinski definition) is 1. The number of carbonyl (C=O) groups is 3. The standard InChI is InChI=1S/C30H32N2O4/c1-3-19-32(26-15-8-5-9-16-26)28-27(34)21-30(36-29(28)35,24-12-6-4-7-13-24)18-17-23-11-10-14-25(20-23)31-22(2)33/h4-16,20,28H,3,17-19,21H2,1-2H3,(H,31,33). The maximum Gasteiger partial charge on any atom is 0.337 e. The highest BCUT2D eigenvalue weighted by Gasteiger charge is 2.49. The summed E-state index contributed by atoms with van der Waals surface area (Å²) in [5, 5.41) is 2.80. The van der Waals surface area contributed by atoms with E-state index in [1.54, 1.807) is 0 Å². The van der Waals surface area contributed by atoms with Crippen molar-refractivity contribution < 1.29 is 19.1 Å². The Labute approximate surface area is 212 Å². The van der Waals surface area contributed by atoms with E-state index in [9.17, 15) is 14.4 Å². The second-order valence-corrected chi connectivity index (χ2v) is 9.24. The lowest BCUT2D eigenvalue weighted by molar-refractivity contribution is -0.175. The average Bonchev–Trinajstić information content (AvgIpc) is 2.87. The second kappa shape index (κ2) is 11.2. The zero-order valence-electron chi connectivity index (χ0n) is 20.8. The van der Waals surface area contributed by atoms with Gasteiger partial charge in [0, 0.05) is 24.8 Å². The first-order valence-corrected chi connectivity index (χ1v) is 12.4. The lowest BCUT2D eigenvalue weighted by atomic mass is 9.79. The largest absolute Gasteiger partial charge is 0.452 e. The molecule has 0 aliphatic carbocycles. The number of carbonyl (C=O) groups excluding carboxylic acids is 3. The summed E-state index contributed by atoms with van der Waals surface area (Å²) >= 11 is 0. The van der Waals surface area contributed by atoms with Crippen LogP contribution in [0.15, 0.2) is 84.9 Å². The number of Topliss-reactive ketones (excluding diaryl/α,β-unsaturated/α-hetero) is 1. The number of para-hydroxylation sites is 1. The summed E-state index contributed by atoms with van der Waals surface area (Å²) in [7, 11) is 0. The van der Waals surface area contributed by atoms with Gasteiger partial charge in [0.1, 0.15) is 5.60 Å². The van der Waals surface area contributed by atoms with Gasteiger partial charge >= 0.3 is 5.97 Å². The van der Waals surface area contributed by atoms with Crippen molar-refractivity contribution in [3.8, 4) is 0 Å². The van der Waals surface area contributed by atoms with Crippen LogP contribution in [0.4, 0.5) is 11.4 Å². The van der Waals surface area contributed by atoms with Crippen LogP contribution in [0, 0.1) is 0 Å². The number of nitrogens with one attached hydrogen (secondary N) is 1. The zero-order chi connectivity index (χ0) is 25.5. The summed E-state index contributed by atoms with van der Waals surface area (Å²) in [5.74, 6) is -0.792. The monoisotopic (exact) mass is 484 g/mol. The lowest BCUT2D eigenvalue weighted by Crippen LogP contribution is -2.56. The second-order valence-electron chi connectivity index (χ2n) is 9.24. The van der Waals surface area contributed by atoms with E-state index in [1.165, 1.54) is 6.92 Å². The first kappa shape index (κ1) is 25.2. The summed E-state index contributed by atoms with van der Waals surface area (Å²) in [4.78, 5) is 40.5. The molecule has 0 aromatic heterocycles. The number of rotatable bonds is 9. The van der Waals surface area contributed by atoms with E-state index < -0.39 is 17.6 Å². The van der Waals surface area contributed by atoms with E-state index in [-0.39, 0.29) is 18.1 Å². The van der Waals surface area contributed by atoms with Gasteiger partial charge in [0.2, 0.25) is 5.91 Å². The van der Waals surface area contributed by atoms with Crippen LogP contribution in [0.5, 0.6) is 0 Å². The molecule has 3 aromatic rings. The van der Waals surface area contributed by atoms with Crippen molar-refractivity contribution in [2.45, 2.75) is 51.2 Å². The highest BCUT2D eigenvalue weighted by molar-refractivity contribution is 6.08. The van der Waals surface area contributed by atoms with Crippen molar-refractivity contribution in [3.63, 3.8) is 0 Å². The molecule has 1 saturated heterocycles. The van der Waals surface area contributed by atoms with Gasteiger partial charge in [0.25, 0.3) is 0 Å². The van der Waals surface area contributed by atoms with Gasteiger partial charge in [0.05, 0.1) is 6.42 Å². The van der Waals surface area contributed by atoms with Gasteiger partial charge in [-0.2, -0.15) is 0 Å². The highest BCUT2D eigenvalue weighted by Crippen LogP contribution is 2.40. The number of aryl methyl sites for hydroxylation is 1. The Hall–Kier alpha value is -3.93. The van der Waals surface area contributed by atoms with E-state index >= 15 is 0 Å². The summed E-state index contributed by atoms with van der Waals surface area (Å²) in [6, 6.07) is 25.7. The normalized spacial score (nSPS) is 19.4. The van der Waals surface area contributed by atoms with Gasteiger partial charge in [-0.3, -0.25) is 9.59 Å². The quantitative estimate of drug-likeness (QED) is 0.331. The smallest absolute Gasteiger partial charge is 0.337 e. The van der Waals surface area contributed by atoms with Crippen molar-refractivity contribution in [3.05, 3.63) is 96.1 Å². The summed E-state index contributed by atoms with van der Waals surface area (Å²) in [6.07, 6.45) is 1.92. The number of amides is 1. The van der Waals surface area contributed by atoms with Crippen LogP contribution in [0.25, 0.3) is 0 Å². The molecule has 3 aromatic carbocycles. The number of nitrogens with zero attached hydrogens (tertiary/aromatic N) is 1. The van der Waals surface area contributed by atoms with E-state index in [0.29, 0.717) is 25.1 Å². The number of esters is 1. The lowest BCUT2D eigenvalue weighted by Gasteiger charge is -2.42. The topological polar surface area (TPSA) is 75.7 Å². The number of ether oxygens (including phenoxy) is 1. The van der Waals surface area contributed by atoms with Gasteiger partial charge in [-0.15, -0.1) is 0 Å². The van der Waals surface area contributed by atoms with Crippen molar-refractivity contribution in [1.29, 1.82) is 0 Å². The van der Waals surface area contributed by atoms with E-state index in [2.05, 4.69) is 5.32 Å². The molecule has 0 saturated carbocycles. The van der Waals surface area contributed by atoms with Crippen molar-refractivity contribution in [1.82, 2.24) is 0 Å². The number of anilines is 2. The fourth-order valence-corrected chi connectivity index (χ4v) is 4.90. The molecule has 6 nitrogen and oxygen atoms in total. The fourth-order valence-electron chi connectivity index (χ4n) is 4.90. The maximum atomic E-state index is 13.7. The van der Waals surface area contributed by atoms with Crippen LogP contribution in [0.3, 0.4) is 0 Å². The fraction of sp³-hybridized carbons (Fsp3) is 0.300. The minimum atomic E-state index is -1.05. The van der Waals surface area contributed by atoms with Gasteiger partial charge < -0.3 is 15.0 Å². The minimum Gasteiger partial charge on any atom is -0.452 e. The SMILES string of the molecule is CCCN(c1ccccc1)C1C(=O)CC(CCc2cccc(NC(C)=O)c2)(c2ccccc2)OC1=O. The molecule has 1 aliphatic heterocycles. The van der Waals surface area contributed by atoms with Crippen LogP contribution in [0.1, 0.15) is 44.2 Å². The molecule has 1 N–H and O–H groups in total. The Morgan fingerprint density at radius 1 is 1.00 bits per heavy atom. The van der Waals surface area contributed by atoms with Crippen LogP contribution in [-0.2, 0) is 31.1 Å². The van der Waals surface area contributed by atoms with Gasteiger partial charge in [-0.1, -0.05) is 67.6 Å². The average molecular weight is 485 g/mol. The Bertz CT molecular complexity index is 1190. The van der Waals surface area contributed by atoms with Gasteiger partial charge in [0.15, 0.2) is 11.8 Å². The molecule has 1 amide bonds. The van der Waals surface area contributed by atoms with Crippen LogP contribution in [0.2, 0.25) is 0 Å². The first-order chi connectivity index (χ1) is 17.4. The van der Waals surface area contributed by atoms with Crippen LogP contribution >= 0.6 is 0 Å². The molecule has 1 heterocycles. The number of cyclic esters (lactones) is 1. The Kier molecular flexibility index (Phi) is 7.84. The highest BCUT2D eigenvalue weighted by atomic mass is 16.6. The Balaban J connectivity index is 1.62. The molecular weight excluding hydrogens is 452 g/mol. The van der Waals surface area contributed by atoms with Gasteiger partial charge in [-0.05, 0) is 54.7 Å². The zero-order valence-corrected chi connectivity index (χ0v) is 20.8. The molecule has 1 aliphatic rings. The number of ketones is 1. The van der Waals surface area contributed by atoms with E-state index in [4.69, 9.17) is 4.74 Å². The third-order valence-electron chi connectivity index (χ3n) is 6.51. The third-order valence-corrected chi connectivity index (χ3v) is 6.51. The summed E-state index contributed by atoms with van der Waals surface area (Å²) in [5.41, 5.74) is 2.29. The number of hydrogen-bond acceptors (Lipinski definition) is 5. The van der Waals surface area contributed by atoms with Crippen molar-refractivity contribution in [2.24, 2.45) is 0 Å². The predicted molar refractivity (Wildman–Crippen MR) is 141 cm³/mol. The summed E-state index contributed by atoms with van der Waals surface area (Å²) in [6.45, 7) is 4.07. The van der Waals surface area contributed by atoms with Crippen molar-refractivity contribution in [2.75, 3.05) is 16.8 Å². The Morgan fingerprint density at radius 3 is 2.33 bits per heavy atom. The predicted octanol–water partition coefficient (Wildman–Crippen LogP) is 5.27. The molecule has 4 rings (SSSR count). The molecule has 2 unspecified atom stereocenters. The molecule has 0 bridgehead atoms. The van der Waals surface area contributed by atoms with E-state index in [0.717, 1.165) is 23.2 Å². The molecule has 1 fully saturated rings. The van der Waals surface area contributed by atoms with Crippen molar-refractivity contribution >= 4 is 29.0 Å². The molecule has 186 valence electrons. The number of benzene rings is 3. The first-order valence-electron chi connectivity index (χ1n) is 12.4.